The Hall–Kier alpha value is -2.02. The molecule has 6 heteroatoms. The SMILES string of the molecule is CC(CCO)N(Cc1ccccc1)Cc1nc(-c2ccsc2)no1. The van der Waals surface area contributed by atoms with E-state index in [1.807, 2.05) is 35.0 Å². The molecule has 24 heavy (non-hydrogen) atoms. The molecule has 0 spiro atoms. The molecule has 0 fully saturated rings. The van der Waals surface area contributed by atoms with E-state index in [1.54, 1.807) is 11.3 Å². The maximum absolute atomic E-state index is 9.27. The molecule has 3 aromatic rings. The van der Waals surface area contributed by atoms with Crippen LogP contribution in [0.15, 0.2) is 51.7 Å². The number of aromatic nitrogens is 2. The van der Waals surface area contributed by atoms with Gasteiger partial charge in [-0.05, 0) is 30.4 Å². The van der Waals surface area contributed by atoms with Crippen molar-refractivity contribution in [3.05, 3.63) is 58.6 Å². The molecule has 0 saturated carbocycles. The summed E-state index contributed by atoms with van der Waals surface area (Å²) in [5.74, 6) is 1.22. The van der Waals surface area contributed by atoms with Crippen LogP contribution in [0.4, 0.5) is 0 Å². The van der Waals surface area contributed by atoms with E-state index in [0.29, 0.717) is 24.7 Å². The predicted molar refractivity (Wildman–Crippen MR) is 94.5 cm³/mol. The fourth-order valence-electron chi connectivity index (χ4n) is 2.56. The van der Waals surface area contributed by atoms with Gasteiger partial charge in [0.15, 0.2) is 0 Å². The lowest BCUT2D eigenvalue weighted by Gasteiger charge is -2.27. The highest BCUT2D eigenvalue weighted by atomic mass is 32.1. The Balaban J connectivity index is 1.73. The molecule has 0 saturated heterocycles. The molecular formula is C18H21N3O2S. The van der Waals surface area contributed by atoms with Gasteiger partial charge in [-0.25, -0.2) is 0 Å². The maximum Gasteiger partial charge on any atom is 0.241 e. The molecule has 2 heterocycles. The largest absolute Gasteiger partial charge is 0.396 e. The Labute approximate surface area is 145 Å². The zero-order valence-electron chi connectivity index (χ0n) is 13.6. The van der Waals surface area contributed by atoms with Gasteiger partial charge in [0.25, 0.3) is 0 Å². The zero-order valence-corrected chi connectivity index (χ0v) is 14.4. The molecule has 3 rings (SSSR count). The number of rotatable bonds is 8. The van der Waals surface area contributed by atoms with Crippen molar-refractivity contribution >= 4 is 11.3 Å². The Morgan fingerprint density at radius 1 is 1.21 bits per heavy atom. The molecule has 1 atom stereocenters. The first-order valence-corrected chi connectivity index (χ1v) is 8.94. The van der Waals surface area contributed by atoms with Crippen LogP contribution in [0, 0.1) is 0 Å². The van der Waals surface area contributed by atoms with Crippen LogP contribution in [0.3, 0.4) is 0 Å². The standard InChI is InChI=1S/C18H21N3O2S/c1-14(7-9-22)21(11-15-5-3-2-4-6-15)12-17-19-18(20-23-17)16-8-10-24-13-16/h2-6,8,10,13-14,22H,7,9,11-12H2,1H3. The normalized spacial score (nSPS) is 12.6. The van der Waals surface area contributed by atoms with E-state index in [1.165, 1.54) is 5.56 Å². The fraction of sp³-hybridized carbons (Fsp3) is 0.333. The average Bonchev–Trinajstić information content (AvgIpc) is 3.27. The van der Waals surface area contributed by atoms with E-state index >= 15 is 0 Å². The Bertz CT molecular complexity index is 728. The van der Waals surface area contributed by atoms with Gasteiger partial charge in [-0.1, -0.05) is 35.5 Å². The van der Waals surface area contributed by atoms with Gasteiger partial charge in [-0.2, -0.15) is 16.3 Å². The molecule has 0 aliphatic heterocycles. The van der Waals surface area contributed by atoms with Gasteiger partial charge in [0.2, 0.25) is 11.7 Å². The summed E-state index contributed by atoms with van der Waals surface area (Å²) >= 11 is 1.61. The van der Waals surface area contributed by atoms with Crippen LogP contribution >= 0.6 is 11.3 Å². The van der Waals surface area contributed by atoms with Gasteiger partial charge in [-0.3, -0.25) is 4.90 Å². The summed E-state index contributed by atoms with van der Waals surface area (Å²) < 4.78 is 5.42. The minimum absolute atomic E-state index is 0.163. The van der Waals surface area contributed by atoms with Crippen LogP contribution in [0.1, 0.15) is 24.8 Å². The summed E-state index contributed by atoms with van der Waals surface area (Å²) in [5.41, 5.74) is 2.20. The van der Waals surface area contributed by atoms with Crippen molar-refractivity contribution < 1.29 is 9.63 Å². The van der Waals surface area contributed by atoms with E-state index < -0.39 is 0 Å². The van der Waals surface area contributed by atoms with Crippen molar-refractivity contribution in [1.82, 2.24) is 15.0 Å². The minimum Gasteiger partial charge on any atom is -0.396 e. The molecule has 0 aliphatic rings. The van der Waals surface area contributed by atoms with Gasteiger partial charge in [-0.15, -0.1) is 0 Å². The van der Waals surface area contributed by atoms with Crippen molar-refractivity contribution in [3.8, 4) is 11.4 Å². The summed E-state index contributed by atoms with van der Waals surface area (Å²) in [6, 6.07) is 12.5. The molecular weight excluding hydrogens is 322 g/mol. The van der Waals surface area contributed by atoms with Crippen LogP contribution < -0.4 is 0 Å². The highest BCUT2D eigenvalue weighted by molar-refractivity contribution is 7.08. The fourth-order valence-corrected chi connectivity index (χ4v) is 3.19. The van der Waals surface area contributed by atoms with Crippen molar-refractivity contribution in [2.45, 2.75) is 32.5 Å². The minimum atomic E-state index is 0.163. The molecule has 1 N–H and O–H groups in total. The average molecular weight is 343 g/mol. The topological polar surface area (TPSA) is 62.4 Å². The third-order valence-electron chi connectivity index (χ3n) is 3.98. The lowest BCUT2D eigenvalue weighted by molar-refractivity contribution is 0.137. The maximum atomic E-state index is 9.27. The van der Waals surface area contributed by atoms with Gasteiger partial charge < -0.3 is 9.63 Å². The monoisotopic (exact) mass is 343 g/mol. The molecule has 1 aromatic carbocycles. The lowest BCUT2D eigenvalue weighted by Crippen LogP contribution is -2.33. The summed E-state index contributed by atoms with van der Waals surface area (Å²) in [6.45, 7) is 3.61. The predicted octanol–water partition coefficient (Wildman–Crippen LogP) is 3.57. The first kappa shape index (κ1) is 16.8. The molecule has 0 aliphatic carbocycles. The van der Waals surface area contributed by atoms with Crippen LogP contribution in [0.25, 0.3) is 11.4 Å². The molecule has 5 nitrogen and oxygen atoms in total. The van der Waals surface area contributed by atoms with Crippen molar-refractivity contribution in [3.63, 3.8) is 0 Å². The summed E-state index contributed by atoms with van der Waals surface area (Å²) in [5, 5.41) is 17.3. The smallest absolute Gasteiger partial charge is 0.241 e. The van der Waals surface area contributed by atoms with E-state index in [-0.39, 0.29) is 12.6 Å². The Kier molecular flexibility index (Phi) is 5.74. The highest BCUT2D eigenvalue weighted by Crippen LogP contribution is 2.20. The van der Waals surface area contributed by atoms with Gasteiger partial charge in [0.1, 0.15) is 0 Å². The quantitative estimate of drug-likeness (QED) is 0.677. The summed E-state index contributed by atoms with van der Waals surface area (Å²) in [7, 11) is 0. The molecule has 1 unspecified atom stereocenters. The van der Waals surface area contributed by atoms with E-state index in [9.17, 15) is 5.11 Å². The zero-order chi connectivity index (χ0) is 16.8. The van der Waals surface area contributed by atoms with Gasteiger partial charge >= 0.3 is 0 Å². The Morgan fingerprint density at radius 3 is 2.75 bits per heavy atom. The van der Waals surface area contributed by atoms with Crippen molar-refractivity contribution in [2.24, 2.45) is 0 Å². The Morgan fingerprint density at radius 2 is 2.04 bits per heavy atom. The van der Waals surface area contributed by atoms with E-state index in [4.69, 9.17) is 4.52 Å². The first-order chi connectivity index (χ1) is 11.8. The van der Waals surface area contributed by atoms with Crippen LogP contribution in [0.5, 0.6) is 0 Å². The lowest BCUT2D eigenvalue weighted by atomic mass is 10.1. The van der Waals surface area contributed by atoms with Crippen molar-refractivity contribution in [1.29, 1.82) is 0 Å². The van der Waals surface area contributed by atoms with E-state index in [2.05, 4.69) is 34.1 Å². The summed E-state index contributed by atoms with van der Waals surface area (Å²) in [6.07, 6.45) is 0.707. The number of hydrogen-bond acceptors (Lipinski definition) is 6. The number of benzene rings is 1. The van der Waals surface area contributed by atoms with Crippen LogP contribution in [-0.4, -0.2) is 32.8 Å². The molecule has 0 bridgehead atoms. The second kappa shape index (κ2) is 8.19. The third kappa shape index (κ3) is 4.29. The number of aliphatic hydroxyl groups excluding tert-OH is 1. The number of hydrogen-bond donors (Lipinski definition) is 1. The van der Waals surface area contributed by atoms with Crippen LogP contribution in [0.2, 0.25) is 0 Å². The van der Waals surface area contributed by atoms with Gasteiger partial charge in [0, 0.05) is 30.1 Å². The number of nitrogens with zero attached hydrogens (tertiary/aromatic N) is 3. The number of thiophene rings is 1. The molecule has 2 aromatic heterocycles. The summed E-state index contributed by atoms with van der Waals surface area (Å²) in [4.78, 5) is 6.75. The molecule has 0 amide bonds. The number of aliphatic hydroxyl groups is 1. The third-order valence-corrected chi connectivity index (χ3v) is 4.67. The highest BCUT2D eigenvalue weighted by Gasteiger charge is 2.18. The molecule has 0 radical (unpaired) electrons. The second-order valence-corrected chi connectivity index (χ2v) is 6.56. The van der Waals surface area contributed by atoms with Crippen molar-refractivity contribution in [2.75, 3.05) is 6.61 Å². The first-order valence-electron chi connectivity index (χ1n) is 8.00. The van der Waals surface area contributed by atoms with E-state index in [0.717, 1.165) is 12.1 Å². The second-order valence-electron chi connectivity index (χ2n) is 5.78. The molecule has 126 valence electrons. The van der Waals surface area contributed by atoms with Gasteiger partial charge in [0.05, 0.1) is 6.54 Å². The van der Waals surface area contributed by atoms with Crippen LogP contribution in [-0.2, 0) is 13.1 Å².